The number of nitrogens with zero attached hydrogens (tertiary/aromatic N) is 3. The van der Waals surface area contributed by atoms with E-state index < -0.39 is 43.5 Å². The molecule has 8 nitrogen and oxygen atoms in total. The number of hydrogen-bond donors (Lipinski definition) is 1. The topological polar surface area (TPSA) is 101 Å². The van der Waals surface area contributed by atoms with E-state index in [1.54, 1.807) is 23.9 Å². The summed E-state index contributed by atoms with van der Waals surface area (Å²) < 4.78 is 82.6. The lowest BCUT2D eigenvalue weighted by atomic mass is 10.1. The fourth-order valence-electron chi connectivity index (χ4n) is 3.01. The summed E-state index contributed by atoms with van der Waals surface area (Å²) in [5.41, 5.74) is 0.343. The van der Waals surface area contributed by atoms with Crippen LogP contribution >= 0.6 is 0 Å². The molecule has 0 amide bonds. The maximum atomic E-state index is 13.8. The Hall–Kier alpha value is -2.67. The number of aryl methyl sites for hydroxylation is 1. The van der Waals surface area contributed by atoms with Crippen molar-refractivity contribution in [2.75, 3.05) is 19.3 Å². The first-order chi connectivity index (χ1) is 15.0. The highest BCUT2D eigenvalue weighted by Crippen LogP contribution is 2.22. The molecule has 0 radical (unpaired) electrons. The first-order valence-electron chi connectivity index (χ1n) is 9.44. The summed E-state index contributed by atoms with van der Waals surface area (Å²) in [4.78, 5) is 4.01. The molecule has 0 saturated heterocycles. The van der Waals surface area contributed by atoms with Crippen molar-refractivity contribution < 1.29 is 25.6 Å². The van der Waals surface area contributed by atoms with Crippen molar-refractivity contribution >= 4 is 20.0 Å². The quantitative estimate of drug-likeness (QED) is 0.501. The molecule has 1 heterocycles. The average molecular weight is 485 g/mol. The number of benzene rings is 2. The summed E-state index contributed by atoms with van der Waals surface area (Å²) in [5, 5.41) is 0. The van der Waals surface area contributed by atoms with Crippen molar-refractivity contribution in [3.05, 3.63) is 83.9 Å². The van der Waals surface area contributed by atoms with E-state index >= 15 is 0 Å². The molecule has 0 aliphatic carbocycles. The van der Waals surface area contributed by atoms with Crippen molar-refractivity contribution in [1.29, 1.82) is 0 Å². The number of aromatic nitrogens is 2. The minimum atomic E-state index is -4.02. The van der Waals surface area contributed by atoms with Gasteiger partial charge in [-0.25, -0.2) is 35.3 Å². The molecule has 3 rings (SSSR count). The normalized spacial score (nSPS) is 13.4. The lowest BCUT2D eigenvalue weighted by molar-refractivity contribution is 0.482. The van der Waals surface area contributed by atoms with E-state index in [0.29, 0.717) is 11.4 Å². The molecule has 12 heteroatoms. The third kappa shape index (κ3) is 5.57. The predicted molar refractivity (Wildman–Crippen MR) is 115 cm³/mol. The summed E-state index contributed by atoms with van der Waals surface area (Å²) in [6, 6.07) is 8.72. The second kappa shape index (κ2) is 9.45. The maximum absolute atomic E-state index is 13.8. The fraction of sp³-hybridized carbons (Fsp3) is 0.250. The van der Waals surface area contributed by atoms with Gasteiger partial charge in [0.15, 0.2) is 0 Å². The Morgan fingerprint density at radius 3 is 2.34 bits per heavy atom. The number of sulfonamides is 2. The van der Waals surface area contributed by atoms with E-state index in [0.717, 1.165) is 28.6 Å². The number of nitrogens with one attached hydrogen (secondary N) is 1. The molecule has 2 aromatic carbocycles. The standard InChI is InChI=1S/C20H22F2N4O4S2/c1-25-11-10-23-20(25)19(15-4-3-5-17(22)14-15)24-31(27,28)13-12-26(2)32(29,30)18-8-6-16(21)7-9-18/h3-11,14,19,24H,12-13H2,1-2H3/t19-/m0/s1. The smallest absolute Gasteiger partial charge is 0.242 e. The van der Waals surface area contributed by atoms with Gasteiger partial charge in [0.1, 0.15) is 23.5 Å². The first-order valence-corrected chi connectivity index (χ1v) is 12.5. The molecule has 0 unspecified atom stereocenters. The summed E-state index contributed by atoms with van der Waals surface area (Å²) in [6.45, 7) is -0.356. The van der Waals surface area contributed by atoms with Crippen LogP contribution in [0.1, 0.15) is 17.4 Å². The molecule has 0 spiro atoms. The van der Waals surface area contributed by atoms with Crippen molar-refractivity contribution in [2.24, 2.45) is 7.05 Å². The van der Waals surface area contributed by atoms with E-state index in [1.165, 1.54) is 31.4 Å². The number of halogens is 2. The third-order valence-electron chi connectivity index (χ3n) is 4.79. The van der Waals surface area contributed by atoms with Crippen LogP contribution in [-0.2, 0) is 27.1 Å². The summed E-state index contributed by atoms with van der Waals surface area (Å²) in [7, 11) is -5.12. The minimum Gasteiger partial charge on any atom is -0.336 e. The van der Waals surface area contributed by atoms with Crippen LogP contribution in [-0.4, -0.2) is 50.0 Å². The fourth-order valence-corrected chi connectivity index (χ4v) is 5.52. The Morgan fingerprint density at radius 1 is 1.06 bits per heavy atom. The van der Waals surface area contributed by atoms with Gasteiger partial charge >= 0.3 is 0 Å². The largest absolute Gasteiger partial charge is 0.336 e. The Morgan fingerprint density at radius 2 is 1.75 bits per heavy atom. The van der Waals surface area contributed by atoms with Crippen LogP contribution in [0.3, 0.4) is 0 Å². The predicted octanol–water partition coefficient (Wildman–Crippen LogP) is 2.03. The second-order valence-electron chi connectivity index (χ2n) is 7.10. The lowest BCUT2D eigenvalue weighted by Gasteiger charge is -2.21. The van der Waals surface area contributed by atoms with Crippen molar-refractivity contribution in [3.63, 3.8) is 0 Å². The second-order valence-corrected chi connectivity index (χ2v) is 11.0. The zero-order valence-corrected chi connectivity index (χ0v) is 18.9. The van der Waals surface area contributed by atoms with Gasteiger partial charge in [0.25, 0.3) is 0 Å². The van der Waals surface area contributed by atoms with E-state index in [-0.39, 0.29) is 11.4 Å². The highest BCUT2D eigenvalue weighted by atomic mass is 32.2. The molecule has 0 bridgehead atoms. The first kappa shape index (κ1) is 24.0. The zero-order valence-electron chi connectivity index (χ0n) is 17.3. The van der Waals surface area contributed by atoms with E-state index in [1.807, 2.05) is 0 Å². The maximum Gasteiger partial charge on any atom is 0.242 e. The van der Waals surface area contributed by atoms with Crippen LogP contribution < -0.4 is 4.72 Å². The van der Waals surface area contributed by atoms with Crippen molar-refractivity contribution in [1.82, 2.24) is 18.6 Å². The van der Waals surface area contributed by atoms with Gasteiger partial charge in [0.05, 0.1) is 10.6 Å². The van der Waals surface area contributed by atoms with Crippen LogP contribution in [0, 0.1) is 11.6 Å². The highest BCUT2D eigenvalue weighted by Gasteiger charge is 2.27. The van der Waals surface area contributed by atoms with Gasteiger partial charge < -0.3 is 4.57 Å². The van der Waals surface area contributed by atoms with E-state index in [9.17, 15) is 25.6 Å². The SMILES string of the molecule is CN(CCS(=O)(=O)N[C@@H](c1cccc(F)c1)c1nccn1C)S(=O)(=O)c1ccc(F)cc1. The number of imidazole rings is 1. The lowest BCUT2D eigenvalue weighted by Crippen LogP contribution is -2.38. The molecule has 1 aromatic heterocycles. The number of hydrogen-bond acceptors (Lipinski definition) is 5. The molecular formula is C20H22F2N4O4S2. The third-order valence-corrected chi connectivity index (χ3v) is 7.98. The molecule has 0 saturated carbocycles. The Kier molecular flexibility index (Phi) is 7.08. The van der Waals surface area contributed by atoms with Crippen molar-refractivity contribution in [3.8, 4) is 0 Å². The Bertz CT molecular complexity index is 1290. The van der Waals surface area contributed by atoms with E-state index in [2.05, 4.69) is 9.71 Å². The summed E-state index contributed by atoms with van der Waals surface area (Å²) in [6.07, 6.45) is 3.11. The van der Waals surface area contributed by atoms with Crippen LogP contribution in [0.15, 0.2) is 65.8 Å². The van der Waals surface area contributed by atoms with Gasteiger partial charge in [-0.05, 0) is 42.0 Å². The molecule has 172 valence electrons. The van der Waals surface area contributed by atoms with Gasteiger partial charge in [0.2, 0.25) is 20.0 Å². The van der Waals surface area contributed by atoms with Gasteiger partial charge in [-0.15, -0.1) is 0 Å². The van der Waals surface area contributed by atoms with Crippen LogP contribution in [0.25, 0.3) is 0 Å². The highest BCUT2D eigenvalue weighted by molar-refractivity contribution is 7.90. The molecule has 3 aromatic rings. The molecule has 32 heavy (non-hydrogen) atoms. The number of rotatable bonds is 9. The van der Waals surface area contributed by atoms with Gasteiger partial charge in [0, 0.05) is 33.0 Å². The molecular weight excluding hydrogens is 462 g/mol. The van der Waals surface area contributed by atoms with E-state index in [4.69, 9.17) is 0 Å². The molecule has 1 N–H and O–H groups in total. The molecule has 0 aliphatic rings. The zero-order chi connectivity index (χ0) is 23.5. The van der Waals surface area contributed by atoms with Gasteiger partial charge in [-0.3, -0.25) is 0 Å². The summed E-state index contributed by atoms with van der Waals surface area (Å²) >= 11 is 0. The monoisotopic (exact) mass is 484 g/mol. The van der Waals surface area contributed by atoms with Crippen LogP contribution in [0.4, 0.5) is 8.78 Å². The molecule has 0 aliphatic heterocycles. The van der Waals surface area contributed by atoms with Crippen LogP contribution in [0.5, 0.6) is 0 Å². The Balaban J connectivity index is 1.79. The molecule has 0 fully saturated rings. The Labute approximate surface area is 185 Å². The van der Waals surface area contributed by atoms with Crippen molar-refractivity contribution in [2.45, 2.75) is 10.9 Å². The van der Waals surface area contributed by atoms with Gasteiger partial charge in [-0.1, -0.05) is 12.1 Å². The van der Waals surface area contributed by atoms with Crippen LogP contribution in [0.2, 0.25) is 0 Å². The summed E-state index contributed by atoms with van der Waals surface area (Å²) in [5.74, 6) is -1.34. The van der Waals surface area contributed by atoms with Gasteiger partial charge in [-0.2, -0.15) is 4.31 Å². The molecule has 1 atom stereocenters. The minimum absolute atomic E-state index is 0.155. The average Bonchev–Trinajstić information content (AvgIpc) is 3.16.